The number of hydrogen-bond donors (Lipinski definition) is 4. The number of hydrogen-bond acceptors (Lipinski definition) is 12. The predicted molar refractivity (Wildman–Crippen MR) is 172 cm³/mol. The molecule has 254 valence electrons. The fourth-order valence-corrected chi connectivity index (χ4v) is 5.88. The Morgan fingerprint density at radius 3 is 2.43 bits per heavy atom. The fraction of sp³-hybridized carbons (Fsp3) is 0.469. The number of ether oxygens (including phenoxy) is 3. The third-order valence-corrected chi connectivity index (χ3v) is 8.72. The monoisotopic (exact) mass is 671 g/mol. The van der Waals surface area contributed by atoms with E-state index in [1.54, 1.807) is 32.9 Å². The fourth-order valence-electron chi connectivity index (χ4n) is 5.33. The largest absolute Gasteiger partial charge is 0.439 e. The summed E-state index contributed by atoms with van der Waals surface area (Å²) in [5.74, 6) is -3.49. The van der Waals surface area contributed by atoms with Crippen LogP contribution in [0.3, 0.4) is 0 Å². The maximum Gasteiger partial charge on any atom is 0.405 e. The molecule has 1 aliphatic carbocycles. The Hall–Kier alpha value is -4.31. The standard InChI is InChI=1S/C32H41N5O9S/c1-15-11-20-25(35-31(42)29-19(5)36-37-47-29)22(38)14-21(27(20)40)34-30(41)16(2)9-8-10-23(44-6)28(46-32(33)43)18(4)13-17(3)26(39)24(12-15)45-7/h8-10,13-15,17,23-24,26,28,39H,11-12H2,1-7H3,(H2,33,43)(H,34,41)(H,35,42)/b10-8-,16-9+,18-13+/t15-,17+,23+,24+,26-,28-/m1/s1. The minimum atomic E-state index is -1.04. The van der Waals surface area contributed by atoms with E-state index in [1.165, 1.54) is 33.3 Å². The molecule has 1 aliphatic heterocycles. The number of allylic oxidation sites excluding steroid dienone is 4. The molecule has 0 fully saturated rings. The van der Waals surface area contributed by atoms with Crippen LogP contribution in [0.25, 0.3) is 0 Å². The average Bonchev–Trinajstić information content (AvgIpc) is 3.45. The number of aliphatic hydroxyl groups excluding tert-OH is 1. The number of rotatable bonds is 5. The van der Waals surface area contributed by atoms with Gasteiger partial charge in [-0.05, 0) is 56.6 Å². The summed E-state index contributed by atoms with van der Waals surface area (Å²) in [5.41, 5.74) is 5.96. The van der Waals surface area contributed by atoms with Crippen LogP contribution in [0.4, 0.5) is 4.79 Å². The van der Waals surface area contributed by atoms with Crippen molar-refractivity contribution in [3.05, 3.63) is 69.1 Å². The average molecular weight is 672 g/mol. The molecule has 47 heavy (non-hydrogen) atoms. The molecule has 2 bridgehead atoms. The number of carbonyl (C=O) groups is 5. The quantitative estimate of drug-likeness (QED) is 0.264. The summed E-state index contributed by atoms with van der Waals surface area (Å²) in [6.45, 7) is 8.39. The van der Waals surface area contributed by atoms with Gasteiger partial charge in [-0.15, -0.1) is 5.10 Å². The van der Waals surface area contributed by atoms with Gasteiger partial charge in [0.1, 0.15) is 11.0 Å². The van der Waals surface area contributed by atoms with Crippen molar-refractivity contribution in [2.24, 2.45) is 17.6 Å². The van der Waals surface area contributed by atoms with Gasteiger partial charge in [0.25, 0.3) is 11.8 Å². The number of carbonyl (C=O) groups excluding carboxylic acids is 5. The third-order valence-electron chi connectivity index (χ3n) is 7.89. The number of Topliss-reactive ketones (excluding diaryl/α,β-unsaturated/α-hetero) is 1. The minimum Gasteiger partial charge on any atom is -0.439 e. The summed E-state index contributed by atoms with van der Waals surface area (Å²) >= 11 is 0.848. The maximum absolute atomic E-state index is 13.8. The van der Waals surface area contributed by atoms with Gasteiger partial charge in [-0.3, -0.25) is 19.2 Å². The molecular formula is C32H41N5O9S. The number of ketones is 2. The second-order valence-corrected chi connectivity index (χ2v) is 12.3. The predicted octanol–water partition coefficient (Wildman–Crippen LogP) is 2.35. The first-order valence-electron chi connectivity index (χ1n) is 14.9. The Balaban J connectivity index is 2.10. The number of nitrogens with two attached hydrogens (primary N) is 1. The Kier molecular flexibility index (Phi) is 13.0. The summed E-state index contributed by atoms with van der Waals surface area (Å²) in [5, 5.41) is 20.2. The molecule has 0 spiro atoms. The Bertz CT molecular complexity index is 1560. The van der Waals surface area contributed by atoms with Gasteiger partial charge in [0.2, 0.25) is 11.6 Å². The first-order chi connectivity index (χ1) is 22.2. The van der Waals surface area contributed by atoms with Crippen molar-refractivity contribution in [3.8, 4) is 0 Å². The molecule has 3 amide bonds. The van der Waals surface area contributed by atoms with E-state index in [1.807, 2.05) is 6.92 Å². The van der Waals surface area contributed by atoms with Crippen LogP contribution in [0.1, 0.15) is 55.9 Å². The molecule has 0 radical (unpaired) electrons. The summed E-state index contributed by atoms with van der Waals surface area (Å²) in [6, 6.07) is 0. The summed E-state index contributed by atoms with van der Waals surface area (Å²) in [4.78, 5) is 65.3. The molecule has 0 saturated heterocycles. The van der Waals surface area contributed by atoms with Crippen LogP contribution in [0.2, 0.25) is 0 Å². The molecule has 3 rings (SSSR count). The van der Waals surface area contributed by atoms with Crippen molar-refractivity contribution < 1.29 is 43.3 Å². The molecule has 14 nitrogen and oxygen atoms in total. The molecule has 0 aromatic carbocycles. The van der Waals surface area contributed by atoms with Crippen LogP contribution >= 0.6 is 11.5 Å². The first-order valence-corrected chi connectivity index (χ1v) is 15.6. The van der Waals surface area contributed by atoms with Gasteiger partial charge < -0.3 is 35.7 Å². The van der Waals surface area contributed by atoms with Crippen LogP contribution in [0.15, 0.2) is 58.5 Å². The number of aromatic nitrogens is 2. The van der Waals surface area contributed by atoms with E-state index in [9.17, 15) is 29.1 Å². The number of nitrogens with one attached hydrogen (secondary N) is 2. The van der Waals surface area contributed by atoms with Crippen molar-refractivity contribution in [1.82, 2.24) is 20.2 Å². The van der Waals surface area contributed by atoms with Crippen LogP contribution < -0.4 is 16.4 Å². The number of amides is 3. The molecule has 6 atom stereocenters. The minimum absolute atomic E-state index is 0.00471. The van der Waals surface area contributed by atoms with Crippen LogP contribution in [-0.4, -0.2) is 82.8 Å². The highest BCUT2D eigenvalue weighted by Crippen LogP contribution is 2.29. The normalized spacial score (nSPS) is 29.5. The highest BCUT2D eigenvalue weighted by atomic mass is 32.1. The molecule has 2 heterocycles. The molecule has 5 N–H and O–H groups in total. The highest BCUT2D eigenvalue weighted by molar-refractivity contribution is 7.08. The van der Waals surface area contributed by atoms with Gasteiger partial charge in [0.15, 0.2) is 6.10 Å². The molecule has 1 aromatic rings. The topological polar surface area (TPSA) is 209 Å². The van der Waals surface area contributed by atoms with Crippen LogP contribution in [-0.2, 0) is 28.6 Å². The van der Waals surface area contributed by atoms with E-state index in [4.69, 9.17) is 19.9 Å². The maximum atomic E-state index is 13.8. The van der Waals surface area contributed by atoms with Crippen LogP contribution in [0, 0.1) is 18.8 Å². The summed E-state index contributed by atoms with van der Waals surface area (Å²) in [7, 11) is 2.86. The summed E-state index contributed by atoms with van der Waals surface area (Å²) in [6.07, 6.45) is 2.92. The number of methoxy groups -OCH3 is 2. The van der Waals surface area contributed by atoms with Crippen molar-refractivity contribution in [2.75, 3.05) is 14.2 Å². The lowest BCUT2D eigenvalue weighted by Crippen LogP contribution is -2.38. The molecule has 0 unspecified atom stereocenters. The Morgan fingerprint density at radius 1 is 1.13 bits per heavy atom. The molecule has 2 aliphatic rings. The van der Waals surface area contributed by atoms with Crippen molar-refractivity contribution in [2.45, 2.75) is 71.9 Å². The van der Waals surface area contributed by atoms with Gasteiger partial charge in [0.05, 0.1) is 29.3 Å². The lowest BCUT2D eigenvalue weighted by molar-refractivity contribution is -0.120. The lowest BCUT2D eigenvalue weighted by Gasteiger charge is -2.30. The number of nitrogens with zero attached hydrogens (tertiary/aromatic N) is 2. The SMILES string of the molecule is CO[C@H]1/C=C\C=C(/C)C(=O)NC2=CC(=O)C(NC(=O)c3snnc3C)=C(C[C@@H](C)C[C@H](OC)[C@H](O)[C@@H](C)/C=C(\C)[C@H]1OC(N)=O)C2=O. The Labute approximate surface area is 276 Å². The van der Waals surface area contributed by atoms with Gasteiger partial charge in [0, 0.05) is 37.4 Å². The Morgan fingerprint density at radius 2 is 1.83 bits per heavy atom. The molecule has 1 aromatic heterocycles. The van der Waals surface area contributed by atoms with E-state index >= 15 is 0 Å². The number of fused-ring (bicyclic) bond motifs is 2. The molecule has 0 saturated carbocycles. The lowest BCUT2D eigenvalue weighted by atomic mass is 9.85. The second-order valence-electron chi connectivity index (χ2n) is 11.6. The van der Waals surface area contributed by atoms with Gasteiger partial charge >= 0.3 is 6.09 Å². The van der Waals surface area contributed by atoms with E-state index in [0.717, 1.165) is 17.6 Å². The zero-order valence-electron chi connectivity index (χ0n) is 27.4. The van der Waals surface area contributed by atoms with E-state index in [-0.39, 0.29) is 46.2 Å². The van der Waals surface area contributed by atoms with E-state index in [0.29, 0.717) is 11.3 Å². The number of primary amides is 1. The first kappa shape index (κ1) is 37.2. The molecule has 15 heteroatoms. The van der Waals surface area contributed by atoms with Gasteiger partial charge in [-0.1, -0.05) is 42.6 Å². The van der Waals surface area contributed by atoms with E-state index < -0.39 is 59.8 Å². The van der Waals surface area contributed by atoms with Gasteiger partial charge in [-0.2, -0.15) is 0 Å². The highest BCUT2D eigenvalue weighted by Gasteiger charge is 2.34. The number of aliphatic hydroxyl groups is 1. The van der Waals surface area contributed by atoms with Crippen LogP contribution in [0.5, 0.6) is 0 Å². The zero-order valence-corrected chi connectivity index (χ0v) is 28.2. The molecular weight excluding hydrogens is 630 g/mol. The smallest absolute Gasteiger partial charge is 0.405 e. The zero-order chi connectivity index (χ0) is 35.0. The van der Waals surface area contributed by atoms with Crippen molar-refractivity contribution in [3.63, 3.8) is 0 Å². The van der Waals surface area contributed by atoms with Crippen molar-refractivity contribution >= 4 is 41.0 Å². The van der Waals surface area contributed by atoms with Gasteiger partial charge in [-0.25, -0.2) is 4.79 Å². The third kappa shape index (κ3) is 9.38. The van der Waals surface area contributed by atoms with Crippen molar-refractivity contribution in [1.29, 1.82) is 0 Å². The number of aryl methyl sites for hydroxylation is 1. The van der Waals surface area contributed by atoms with E-state index in [2.05, 4.69) is 20.2 Å². The second kappa shape index (κ2) is 16.5. The summed E-state index contributed by atoms with van der Waals surface area (Å²) < 4.78 is 20.3.